The minimum Gasteiger partial charge on any atom is -0.423 e. The van der Waals surface area contributed by atoms with Gasteiger partial charge in [-0.05, 0) is 54.4 Å². The van der Waals surface area contributed by atoms with Crippen molar-refractivity contribution < 1.29 is 19.1 Å². The molecule has 2 amide bonds. The van der Waals surface area contributed by atoms with Crippen LogP contribution in [0.3, 0.4) is 0 Å². The molecule has 0 aromatic heterocycles. The summed E-state index contributed by atoms with van der Waals surface area (Å²) in [5.74, 6) is -1.11. The van der Waals surface area contributed by atoms with E-state index in [-0.39, 0.29) is 10.7 Å². The summed E-state index contributed by atoms with van der Waals surface area (Å²) >= 11 is 6.15. The Morgan fingerprint density at radius 2 is 1.56 bits per heavy atom. The maximum atomic E-state index is 12.8. The smallest absolute Gasteiger partial charge is 0.343 e. The van der Waals surface area contributed by atoms with Crippen molar-refractivity contribution in [2.75, 3.05) is 10.2 Å². The van der Waals surface area contributed by atoms with Crippen LogP contribution in [-0.4, -0.2) is 17.8 Å². The summed E-state index contributed by atoms with van der Waals surface area (Å²) in [4.78, 5) is 38.8. The van der Waals surface area contributed by atoms with Crippen molar-refractivity contribution in [1.29, 1.82) is 0 Å². The Morgan fingerprint density at radius 3 is 2.25 bits per heavy atom. The molecule has 0 bridgehead atoms. The first-order chi connectivity index (χ1) is 15.5. The molecule has 6 nitrogen and oxygen atoms in total. The van der Waals surface area contributed by atoms with Crippen molar-refractivity contribution >= 4 is 40.8 Å². The molecule has 0 aliphatic carbocycles. The standard InChI is InChI=1S/C25H19ClN2O4/c1-2-16-8-6-7-11-20(16)32-25(31)17-12-14-18(15-13-17)27-22-21(26)23(29)28(24(22)30)19-9-4-3-5-10-19/h3-15,27H,2H2,1H3. The summed E-state index contributed by atoms with van der Waals surface area (Å²) in [6.45, 7) is 1.99. The number of ether oxygens (including phenoxy) is 1. The van der Waals surface area contributed by atoms with Crippen LogP contribution in [-0.2, 0) is 16.0 Å². The van der Waals surface area contributed by atoms with Gasteiger partial charge in [-0.2, -0.15) is 0 Å². The molecule has 1 heterocycles. The van der Waals surface area contributed by atoms with Crippen LogP contribution in [0.15, 0.2) is 89.6 Å². The van der Waals surface area contributed by atoms with Crippen LogP contribution < -0.4 is 15.0 Å². The largest absolute Gasteiger partial charge is 0.423 e. The van der Waals surface area contributed by atoms with E-state index in [4.69, 9.17) is 16.3 Å². The summed E-state index contributed by atoms with van der Waals surface area (Å²) in [7, 11) is 0. The lowest BCUT2D eigenvalue weighted by Gasteiger charge is -2.15. The molecule has 0 fully saturated rings. The van der Waals surface area contributed by atoms with Gasteiger partial charge in [-0.3, -0.25) is 9.59 Å². The number of aryl methyl sites for hydroxylation is 1. The molecule has 7 heteroatoms. The van der Waals surface area contributed by atoms with Gasteiger partial charge in [-0.15, -0.1) is 0 Å². The van der Waals surface area contributed by atoms with Crippen molar-refractivity contribution in [1.82, 2.24) is 0 Å². The molecule has 3 aromatic carbocycles. The van der Waals surface area contributed by atoms with E-state index in [0.29, 0.717) is 22.7 Å². The number of benzene rings is 3. The molecule has 0 unspecified atom stereocenters. The van der Waals surface area contributed by atoms with E-state index in [9.17, 15) is 14.4 Å². The molecule has 32 heavy (non-hydrogen) atoms. The fourth-order valence-electron chi connectivity index (χ4n) is 3.31. The number of imide groups is 1. The lowest BCUT2D eigenvalue weighted by atomic mass is 10.1. The van der Waals surface area contributed by atoms with Crippen LogP contribution in [0.4, 0.5) is 11.4 Å². The van der Waals surface area contributed by atoms with Gasteiger partial charge in [0.25, 0.3) is 11.8 Å². The molecule has 0 saturated heterocycles. The van der Waals surface area contributed by atoms with Crippen molar-refractivity contribution in [2.24, 2.45) is 0 Å². The van der Waals surface area contributed by atoms with Gasteiger partial charge in [-0.25, -0.2) is 9.69 Å². The quantitative estimate of drug-likeness (QED) is 0.331. The van der Waals surface area contributed by atoms with Crippen LogP contribution >= 0.6 is 11.6 Å². The Kier molecular flexibility index (Phi) is 6.05. The molecule has 4 rings (SSSR count). The van der Waals surface area contributed by atoms with Gasteiger partial charge in [0, 0.05) is 5.69 Å². The molecule has 1 N–H and O–H groups in total. The van der Waals surface area contributed by atoms with Gasteiger partial charge in [0.1, 0.15) is 16.5 Å². The molecule has 0 spiro atoms. The molecule has 3 aromatic rings. The van der Waals surface area contributed by atoms with E-state index >= 15 is 0 Å². The predicted octanol–water partition coefficient (Wildman–Crippen LogP) is 4.90. The Hall–Kier alpha value is -3.90. The highest BCUT2D eigenvalue weighted by Gasteiger charge is 2.38. The second kappa shape index (κ2) is 9.08. The topological polar surface area (TPSA) is 75.7 Å². The van der Waals surface area contributed by atoms with Crippen LogP contribution in [0.2, 0.25) is 0 Å². The molecule has 0 saturated carbocycles. The van der Waals surface area contributed by atoms with Crippen LogP contribution in [0.5, 0.6) is 5.75 Å². The highest BCUT2D eigenvalue weighted by atomic mass is 35.5. The first-order valence-corrected chi connectivity index (χ1v) is 10.4. The van der Waals surface area contributed by atoms with Gasteiger partial charge in [-0.1, -0.05) is 54.9 Å². The van der Waals surface area contributed by atoms with Crippen molar-refractivity contribution in [2.45, 2.75) is 13.3 Å². The number of halogens is 1. The number of amides is 2. The normalized spacial score (nSPS) is 13.5. The van der Waals surface area contributed by atoms with Crippen molar-refractivity contribution in [3.8, 4) is 5.75 Å². The number of nitrogens with one attached hydrogen (secondary N) is 1. The monoisotopic (exact) mass is 446 g/mol. The molecule has 0 radical (unpaired) electrons. The lowest BCUT2D eigenvalue weighted by Crippen LogP contribution is -2.32. The average Bonchev–Trinajstić information content (AvgIpc) is 3.03. The molecular formula is C25H19ClN2O4. The number of rotatable bonds is 6. The molecular weight excluding hydrogens is 428 g/mol. The Morgan fingerprint density at radius 1 is 0.906 bits per heavy atom. The number of carbonyl (C=O) groups excluding carboxylic acids is 3. The highest BCUT2D eigenvalue weighted by Crippen LogP contribution is 2.30. The third kappa shape index (κ3) is 4.13. The van der Waals surface area contributed by atoms with E-state index < -0.39 is 17.8 Å². The number of hydrogen-bond acceptors (Lipinski definition) is 5. The summed E-state index contributed by atoms with van der Waals surface area (Å²) in [5.41, 5.74) is 2.20. The molecule has 1 aliphatic heterocycles. The van der Waals surface area contributed by atoms with Gasteiger partial charge in [0.15, 0.2) is 0 Å². The van der Waals surface area contributed by atoms with Gasteiger partial charge in [0.05, 0.1) is 11.3 Å². The predicted molar refractivity (Wildman–Crippen MR) is 123 cm³/mol. The van der Waals surface area contributed by atoms with Crippen LogP contribution in [0, 0.1) is 0 Å². The third-order valence-corrected chi connectivity index (χ3v) is 5.34. The van der Waals surface area contributed by atoms with E-state index in [0.717, 1.165) is 16.9 Å². The van der Waals surface area contributed by atoms with Crippen LogP contribution in [0.1, 0.15) is 22.8 Å². The van der Waals surface area contributed by atoms with E-state index in [1.807, 2.05) is 25.1 Å². The van der Waals surface area contributed by atoms with Gasteiger partial charge >= 0.3 is 5.97 Å². The highest BCUT2D eigenvalue weighted by molar-refractivity contribution is 6.53. The summed E-state index contributed by atoms with van der Waals surface area (Å²) in [6, 6.07) is 22.3. The van der Waals surface area contributed by atoms with Crippen molar-refractivity contribution in [3.05, 3.63) is 101 Å². The number of carbonyl (C=O) groups is 3. The summed E-state index contributed by atoms with van der Waals surface area (Å²) in [6.07, 6.45) is 0.745. The van der Waals surface area contributed by atoms with Crippen LogP contribution in [0.25, 0.3) is 0 Å². The van der Waals surface area contributed by atoms with E-state index in [1.165, 1.54) is 0 Å². The average molecular weight is 447 g/mol. The number of hydrogen-bond donors (Lipinski definition) is 1. The zero-order chi connectivity index (χ0) is 22.7. The molecule has 1 aliphatic rings. The zero-order valence-electron chi connectivity index (χ0n) is 17.2. The fourth-order valence-corrected chi connectivity index (χ4v) is 3.52. The number of esters is 1. The Balaban J connectivity index is 1.48. The van der Waals surface area contributed by atoms with Crippen molar-refractivity contribution in [3.63, 3.8) is 0 Å². The SMILES string of the molecule is CCc1ccccc1OC(=O)c1ccc(NC2=C(Cl)C(=O)N(c3ccccc3)C2=O)cc1. The van der Waals surface area contributed by atoms with E-state index in [2.05, 4.69) is 5.32 Å². The summed E-state index contributed by atoms with van der Waals surface area (Å²) < 4.78 is 5.51. The summed E-state index contributed by atoms with van der Waals surface area (Å²) in [5, 5.41) is 2.69. The molecule has 160 valence electrons. The second-order valence-electron chi connectivity index (χ2n) is 7.02. The minimum absolute atomic E-state index is 0.0206. The van der Waals surface area contributed by atoms with Gasteiger partial charge in [0.2, 0.25) is 0 Å². The maximum Gasteiger partial charge on any atom is 0.343 e. The Labute approximate surface area is 190 Å². The first kappa shape index (κ1) is 21.3. The van der Waals surface area contributed by atoms with E-state index in [1.54, 1.807) is 60.7 Å². The fraction of sp³-hybridized carbons (Fsp3) is 0.0800. The second-order valence-corrected chi connectivity index (χ2v) is 7.40. The number of para-hydroxylation sites is 2. The lowest BCUT2D eigenvalue weighted by molar-refractivity contribution is -0.120. The van der Waals surface area contributed by atoms with Gasteiger partial charge < -0.3 is 10.1 Å². The molecule has 0 atom stereocenters. The Bertz CT molecular complexity index is 1220. The zero-order valence-corrected chi connectivity index (χ0v) is 17.9. The maximum absolute atomic E-state index is 12.8. The minimum atomic E-state index is -0.597. The number of nitrogens with zero attached hydrogens (tertiary/aromatic N) is 1. The third-order valence-electron chi connectivity index (χ3n) is 4.99. The number of anilines is 2. The first-order valence-electron chi connectivity index (χ1n) is 10.0.